The molecule has 0 bridgehead atoms. The minimum absolute atomic E-state index is 0. The average molecular weight is 768 g/mol. The van der Waals surface area contributed by atoms with Crippen LogP contribution >= 0.6 is 0 Å². The van der Waals surface area contributed by atoms with Gasteiger partial charge < -0.3 is 50.5 Å². The Morgan fingerprint density at radius 1 is 0.500 bits per heavy atom. The van der Waals surface area contributed by atoms with Crippen LogP contribution in [0.4, 0.5) is 0 Å². The second kappa shape index (κ2) is 40.0. The van der Waals surface area contributed by atoms with E-state index in [9.17, 15) is 0 Å². The van der Waals surface area contributed by atoms with Gasteiger partial charge in [-0.15, -0.1) is 0 Å². The second-order valence-corrected chi connectivity index (χ2v) is 8.41. The van der Waals surface area contributed by atoms with Crippen molar-refractivity contribution in [1.82, 2.24) is 0 Å². The van der Waals surface area contributed by atoms with Gasteiger partial charge in [0.05, 0.1) is 10.1 Å². The number of nitrogens with zero attached hydrogens (tertiary/aromatic N) is 4. The van der Waals surface area contributed by atoms with Gasteiger partial charge in [0, 0.05) is 25.7 Å². The average Bonchev–Trinajstić information content (AvgIpc) is 3.00. The van der Waals surface area contributed by atoms with Crippen LogP contribution < -0.4 is 0 Å². The number of hydrogen-bond donors (Lipinski definition) is 4. The Hall–Kier alpha value is -1.03. The number of rotatable bonds is 0. The minimum atomic E-state index is 0. The van der Waals surface area contributed by atoms with Gasteiger partial charge in [0.25, 0.3) is 0 Å². The summed E-state index contributed by atoms with van der Waals surface area (Å²) in [5, 5.41) is 37.4. The molecular weight excluding hydrogens is 715 g/mol. The Bertz CT molecular complexity index is 762. The van der Waals surface area contributed by atoms with Crippen molar-refractivity contribution in [2.75, 3.05) is 13.1 Å². The first-order valence-corrected chi connectivity index (χ1v) is 15.5. The predicted molar refractivity (Wildman–Crippen MR) is 177 cm³/mol. The van der Waals surface area contributed by atoms with E-state index in [1.54, 1.807) is 24.6 Å². The summed E-state index contributed by atoms with van der Waals surface area (Å²) in [6.45, 7) is 17.3. The first-order valence-electron chi connectivity index (χ1n) is 13.9. The van der Waals surface area contributed by atoms with E-state index in [4.69, 9.17) is 71.3 Å². The number of hydrogen-bond acceptors (Lipinski definition) is 8. The van der Waals surface area contributed by atoms with Gasteiger partial charge in [-0.25, -0.2) is 0 Å². The Morgan fingerprint density at radius 2 is 0.786 bits per heavy atom. The third-order valence-corrected chi connectivity index (χ3v) is 5.57. The van der Waals surface area contributed by atoms with E-state index in [-0.39, 0.29) is 39.0 Å². The van der Waals surface area contributed by atoms with Crippen LogP contribution in [0.25, 0.3) is 0 Å². The molecule has 0 aromatic carbocycles. The van der Waals surface area contributed by atoms with Crippen molar-refractivity contribution in [3.63, 3.8) is 0 Å². The molecule has 0 aromatic heterocycles. The van der Waals surface area contributed by atoms with Crippen LogP contribution in [0.2, 0.25) is 0 Å². The maximum absolute atomic E-state index is 8.82. The van der Waals surface area contributed by atoms with Crippen molar-refractivity contribution in [2.24, 2.45) is 0 Å². The summed E-state index contributed by atoms with van der Waals surface area (Å²) in [4.78, 5) is 0. The van der Waals surface area contributed by atoms with Gasteiger partial charge >= 0.3 is 39.0 Å². The molecule has 0 saturated carbocycles. The number of hydroxylamine groups is 4. The SMILES string of the molecule is CC.CC.CC.CC.O[N+]1=C([S-])C=CCC1.O[N+]1=C([S-])C=CCC1.O[N+]1=C([S-])CCC=C1.O[N+]1=C([S-])CCC=C1.[Zn+2].[Zn+2]. The molecule has 0 radical (unpaired) electrons. The summed E-state index contributed by atoms with van der Waals surface area (Å²) in [5.41, 5.74) is 0. The summed E-state index contributed by atoms with van der Waals surface area (Å²) in [5.74, 6) is 0. The van der Waals surface area contributed by atoms with Gasteiger partial charge in [0.15, 0.2) is 13.1 Å². The van der Waals surface area contributed by atoms with Crippen LogP contribution in [0.5, 0.6) is 0 Å². The Kier molecular flexibility index (Phi) is 50.9. The zero-order chi connectivity index (χ0) is 31.9. The third-order valence-electron chi connectivity index (χ3n) is 4.10. The van der Waals surface area contributed by atoms with E-state index in [1.165, 1.54) is 0 Å². The molecule has 14 heteroatoms. The fraction of sp³-hybridized carbons (Fsp3) is 0.571. The van der Waals surface area contributed by atoms with Gasteiger partial charge in [-0.1, -0.05) is 67.5 Å². The molecule has 0 aliphatic carbocycles. The van der Waals surface area contributed by atoms with Crippen molar-refractivity contribution < 1.29 is 78.7 Å². The monoisotopic (exact) mass is 764 g/mol. The van der Waals surface area contributed by atoms with Crippen molar-refractivity contribution >= 4 is 70.7 Å². The Morgan fingerprint density at radius 3 is 0.929 bits per heavy atom. The van der Waals surface area contributed by atoms with E-state index in [0.717, 1.165) is 57.5 Å². The summed E-state index contributed by atoms with van der Waals surface area (Å²) in [7, 11) is 0. The van der Waals surface area contributed by atoms with Crippen LogP contribution in [-0.2, 0) is 89.5 Å². The smallest absolute Gasteiger partial charge is 0.710 e. The molecule has 4 heterocycles. The van der Waals surface area contributed by atoms with Gasteiger partial charge in [-0.2, -0.15) is 0 Å². The molecule has 0 amide bonds. The van der Waals surface area contributed by atoms with E-state index in [2.05, 4.69) is 0 Å². The Labute approximate surface area is 303 Å². The van der Waals surface area contributed by atoms with E-state index in [0.29, 0.717) is 33.3 Å². The van der Waals surface area contributed by atoms with E-state index >= 15 is 0 Å². The topological polar surface area (TPSA) is 93.0 Å². The fourth-order valence-electron chi connectivity index (χ4n) is 2.31. The summed E-state index contributed by atoms with van der Waals surface area (Å²) in [6, 6.07) is 0. The van der Waals surface area contributed by atoms with Crippen LogP contribution in [0.1, 0.15) is 93.9 Å². The van der Waals surface area contributed by atoms with Gasteiger partial charge in [0.2, 0.25) is 12.4 Å². The fourth-order valence-corrected chi connectivity index (χ4v) is 3.04. The molecule has 42 heavy (non-hydrogen) atoms. The predicted octanol–water partition coefficient (Wildman–Crippen LogP) is 5.97. The van der Waals surface area contributed by atoms with E-state index in [1.807, 2.05) is 79.7 Å². The molecule has 0 spiro atoms. The van der Waals surface area contributed by atoms with Crippen molar-refractivity contribution in [3.05, 3.63) is 48.9 Å². The van der Waals surface area contributed by atoms with Crippen LogP contribution in [0, 0.1) is 0 Å². The maximum atomic E-state index is 8.82. The molecule has 0 unspecified atom stereocenters. The van der Waals surface area contributed by atoms with Gasteiger partial charge in [-0.05, 0) is 56.1 Å². The standard InChI is InChI=1S/4C5H7NOS.4C2H6.2Zn/c4*7-6-4-2-1-3-5(6)8;4*1-2;;/h2*2,4,7H,1,3H2;2*1,3,7H,2,4H2;4*1-2H3;;/q;;;;;;;;2*+2. The van der Waals surface area contributed by atoms with Gasteiger partial charge in [0.1, 0.15) is 10.1 Å². The molecule has 0 fully saturated rings. The molecule has 232 valence electrons. The first kappa shape index (κ1) is 53.5. The zero-order valence-electron chi connectivity index (χ0n) is 26.9. The zero-order valence-corrected chi connectivity index (χ0v) is 36.1. The largest absolute Gasteiger partial charge is 2.00 e. The molecule has 0 saturated heterocycles. The number of allylic oxidation sites excluding steroid dienone is 2. The van der Waals surface area contributed by atoms with E-state index < -0.39 is 0 Å². The molecule has 4 aliphatic rings. The molecule has 0 atom stereocenters. The third kappa shape index (κ3) is 30.4. The van der Waals surface area contributed by atoms with Crippen molar-refractivity contribution in [1.29, 1.82) is 0 Å². The van der Waals surface area contributed by atoms with Crippen LogP contribution in [0.3, 0.4) is 0 Å². The first-order chi connectivity index (χ1) is 19.2. The summed E-state index contributed by atoms with van der Waals surface area (Å²) in [6.07, 6.45) is 19.6. The molecule has 4 rings (SSSR count). The van der Waals surface area contributed by atoms with Crippen LogP contribution in [-0.4, -0.2) is 73.0 Å². The van der Waals surface area contributed by atoms with Crippen LogP contribution in [0.15, 0.2) is 48.9 Å². The summed E-state index contributed by atoms with van der Waals surface area (Å²) < 4.78 is 4.13. The molecule has 8 nitrogen and oxygen atoms in total. The van der Waals surface area contributed by atoms with Gasteiger partial charge in [-0.3, -0.25) is 20.8 Å². The molecule has 4 N–H and O–H groups in total. The Balaban J connectivity index is -0.0000000937. The maximum Gasteiger partial charge on any atom is 2.00 e. The minimum Gasteiger partial charge on any atom is -0.710 e. The normalized spacial score (nSPS) is 15.4. The summed E-state index contributed by atoms with van der Waals surface area (Å²) >= 11 is 18.9. The van der Waals surface area contributed by atoms with Crippen molar-refractivity contribution in [2.45, 2.75) is 93.9 Å². The molecule has 4 aliphatic heterocycles. The van der Waals surface area contributed by atoms with Crippen molar-refractivity contribution in [3.8, 4) is 0 Å². The molecule has 0 aromatic rings. The quantitative estimate of drug-likeness (QED) is 0.104. The second-order valence-electron chi connectivity index (χ2n) is 6.63. The molecular formula is C28H52N4O4S4Zn2+4.